The molecule has 2 aromatic carbocycles. The van der Waals surface area contributed by atoms with Crippen LogP contribution in [-0.2, 0) is 13.0 Å². The van der Waals surface area contributed by atoms with Crippen LogP contribution in [0.3, 0.4) is 0 Å². The molecule has 0 aliphatic carbocycles. The van der Waals surface area contributed by atoms with E-state index in [1.165, 1.54) is 18.2 Å². The number of hydrogen-bond donors (Lipinski definition) is 1. The number of rotatable bonds is 6. The number of nitrogens with zero attached hydrogens (tertiary/aromatic N) is 2. The standard InChI is InChI=1S/C26H23ClFN3O4/c1-14-11-21-24(22(16(13-29)25(30)35-21)23-17(27)5-4-6-18(23)28)26(32)31(14)10-9-15-7-8-19(33-2)20(12-15)34-3/h4-8,11-12,16,22,30H,9-10H2,1-3H3/t16?,22-/m0/s1. The first kappa shape index (κ1) is 24.3. The van der Waals surface area contributed by atoms with Gasteiger partial charge in [0, 0.05) is 34.8 Å². The van der Waals surface area contributed by atoms with Crippen molar-refractivity contribution < 1.29 is 18.6 Å². The van der Waals surface area contributed by atoms with Crippen LogP contribution in [0.4, 0.5) is 4.39 Å². The van der Waals surface area contributed by atoms with Gasteiger partial charge in [0.1, 0.15) is 17.5 Å². The molecule has 1 N–H and O–H groups in total. The fraction of sp³-hybridized carbons (Fsp3) is 0.269. The molecule has 0 saturated carbocycles. The molecule has 0 spiro atoms. The van der Waals surface area contributed by atoms with Gasteiger partial charge in [-0.1, -0.05) is 23.7 Å². The predicted molar refractivity (Wildman–Crippen MR) is 129 cm³/mol. The van der Waals surface area contributed by atoms with Gasteiger partial charge < -0.3 is 18.8 Å². The average molecular weight is 496 g/mol. The molecule has 4 rings (SSSR count). The maximum Gasteiger partial charge on any atom is 0.258 e. The summed E-state index contributed by atoms with van der Waals surface area (Å²) in [6, 6.07) is 13.3. The van der Waals surface area contributed by atoms with E-state index in [9.17, 15) is 14.4 Å². The number of halogens is 2. The van der Waals surface area contributed by atoms with Gasteiger partial charge in [0.15, 0.2) is 11.5 Å². The Labute approximate surface area is 206 Å². The summed E-state index contributed by atoms with van der Waals surface area (Å²) in [5, 5.41) is 18.1. The lowest BCUT2D eigenvalue weighted by molar-refractivity contribution is 0.354. The highest BCUT2D eigenvalue weighted by molar-refractivity contribution is 6.31. The van der Waals surface area contributed by atoms with Crippen LogP contribution in [0, 0.1) is 35.4 Å². The topological polar surface area (TPSA) is 97.3 Å². The van der Waals surface area contributed by atoms with Gasteiger partial charge in [0.2, 0.25) is 5.90 Å². The monoisotopic (exact) mass is 495 g/mol. The highest BCUT2D eigenvalue weighted by Gasteiger charge is 2.41. The van der Waals surface area contributed by atoms with E-state index in [1.807, 2.05) is 18.2 Å². The summed E-state index contributed by atoms with van der Waals surface area (Å²) in [5.74, 6) is -1.97. The van der Waals surface area contributed by atoms with Crippen molar-refractivity contribution in [1.82, 2.24) is 4.57 Å². The molecule has 35 heavy (non-hydrogen) atoms. The smallest absolute Gasteiger partial charge is 0.258 e. The molecule has 2 atom stereocenters. The summed E-state index contributed by atoms with van der Waals surface area (Å²) in [4.78, 5) is 13.7. The summed E-state index contributed by atoms with van der Waals surface area (Å²) in [5.41, 5.74) is 1.22. The Kier molecular flexibility index (Phi) is 6.81. The number of aromatic nitrogens is 1. The average Bonchev–Trinajstić information content (AvgIpc) is 2.83. The molecular formula is C26H23ClFN3O4. The number of fused-ring (bicyclic) bond motifs is 1. The van der Waals surface area contributed by atoms with Crippen molar-refractivity contribution in [3.8, 4) is 23.3 Å². The molecule has 1 unspecified atom stereocenters. The molecule has 0 fully saturated rings. The molecule has 3 aromatic rings. The van der Waals surface area contributed by atoms with Gasteiger partial charge in [-0.3, -0.25) is 10.2 Å². The third-order valence-electron chi connectivity index (χ3n) is 6.18. The van der Waals surface area contributed by atoms with Crippen LogP contribution >= 0.6 is 11.6 Å². The number of methoxy groups -OCH3 is 2. The zero-order chi connectivity index (χ0) is 25.3. The number of ether oxygens (including phenoxy) is 3. The van der Waals surface area contributed by atoms with Crippen LogP contribution in [0.2, 0.25) is 5.02 Å². The lowest BCUT2D eigenvalue weighted by Crippen LogP contribution is -2.38. The minimum Gasteiger partial charge on any atom is -0.493 e. The van der Waals surface area contributed by atoms with Crippen molar-refractivity contribution in [2.24, 2.45) is 5.92 Å². The molecule has 0 saturated heterocycles. The van der Waals surface area contributed by atoms with Gasteiger partial charge >= 0.3 is 0 Å². The fourth-order valence-corrected chi connectivity index (χ4v) is 4.71. The number of pyridine rings is 1. The first-order valence-electron chi connectivity index (χ1n) is 10.9. The molecule has 1 aliphatic heterocycles. The Morgan fingerprint density at radius 1 is 1.17 bits per heavy atom. The maximum atomic E-state index is 14.9. The van der Waals surface area contributed by atoms with Crippen molar-refractivity contribution in [2.45, 2.75) is 25.8 Å². The molecule has 0 bridgehead atoms. The molecule has 9 heteroatoms. The van der Waals surface area contributed by atoms with Crippen LogP contribution in [0.1, 0.15) is 28.3 Å². The van der Waals surface area contributed by atoms with E-state index in [0.29, 0.717) is 30.2 Å². The van der Waals surface area contributed by atoms with Gasteiger partial charge in [-0.2, -0.15) is 5.26 Å². The van der Waals surface area contributed by atoms with E-state index < -0.39 is 23.2 Å². The van der Waals surface area contributed by atoms with Gasteiger partial charge in [-0.05, 0) is 43.2 Å². The van der Waals surface area contributed by atoms with Gasteiger partial charge in [-0.25, -0.2) is 4.39 Å². The first-order valence-corrected chi connectivity index (χ1v) is 11.2. The maximum absolute atomic E-state index is 14.9. The zero-order valence-electron chi connectivity index (χ0n) is 19.4. The van der Waals surface area contributed by atoms with E-state index in [4.69, 9.17) is 31.2 Å². The third kappa shape index (κ3) is 4.35. The highest BCUT2D eigenvalue weighted by atomic mass is 35.5. The lowest BCUT2D eigenvalue weighted by atomic mass is 9.79. The SMILES string of the molecule is COc1ccc(CCn2c(C)cc3c(c2=O)[C@H](c2c(F)cccc2Cl)C(C#N)C(=N)O3)cc1OC. The van der Waals surface area contributed by atoms with Gasteiger partial charge in [-0.15, -0.1) is 0 Å². The molecule has 2 heterocycles. The van der Waals surface area contributed by atoms with Gasteiger partial charge in [0.05, 0.1) is 25.9 Å². The van der Waals surface area contributed by atoms with Crippen LogP contribution < -0.4 is 19.8 Å². The Balaban J connectivity index is 1.81. The highest BCUT2D eigenvalue weighted by Crippen LogP contribution is 2.43. The molecular weight excluding hydrogens is 473 g/mol. The summed E-state index contributed by atoms with van der Waals surface area (Å²) < 4.78 is 32.7. The van der Waals surface area contributed by atoms with E-state index >= 15 is 0 Å². The quantitative estimate of drug-likeness (QED) is 0.527. The van der Waals surface area contributed by atoms with Crippen LogP contribution in [0.15, 0.2) is 47.3 Å². The Hall–Kier alpha value is -3.83. The Morgan fingerprint density at radius 3 is 2.57 bits per heavy atom. The zero-order valence-corrected chi connectivity index (χ0v) is 20.1. The van der Waals surface area contributed by atoms with Crippen molar-refractivity contribution in [2.75, 3.05) is 14.2 Å². The molecule has 180 valence electrons. The van der Waals surface area contributed by atoms with Crippen molar-refractivity contribution in [3.63, 3.8) is 0 Å². The Bertz CT molecular complexity index is 1390. The number of aryl methyl sites for hydroxylation is 2. The third-order valence-corrected chi connectivity index (χ3v) is 6.50. The van der Waals surface area contributed by atoms with Crippen LogP contribution in [-0.4, -0.2) is 24.7 Å². The second-order valence-corrected chi connectivity index (χ2v) is 8.55. The van der Waals surface area contributed by atoms with Crippen molar-refractivity contribution in [3.05, 3.63) is 86.0 Å². The number of nitrogens with one attached hydrogen (secondary N) is 1. The number of hydrogen-bond acceptors (Lipinski definition) is 6. The summed E-state index contributed by atoms with van der Waals surface area (Å²) in [6.45, 7) is 2.07. The van der Waals surface area contributed by atoms with Crippen molar-refractivity contribution >= 4 is 17.5 Å². The van der Waals surface area contributed by atoms with E-state index in [1.54, 1.807) is 37.8 Å². The second-order valence-electron chi connectivity index (χ2n) is 8.15. The van der Waals surface area contributed by atoms with E-state index in [-0.39, 0.29) is 27.8 Å². The summed E-state index contributed by atoms with van der Waals surface area (Å²) in [6.07, 6.45) is 0.503. The summed E-state index contributed by atoms with van der Waals surface area (Å²) in [7, 11) is 3.11. The molecule has 7 nitrogen and oxygen atoms in total. The summed E-state index contributed by atoms with van der Waals surface area (Å²) >= 11 is 6.33. The molecule has 1 aromatic heterocycles. The largest absolute Gasteiger partial charge is 0.493 e. The van der Waals surface area contributed by atoms with E-state index in [2.05, 4.69) is 0 Å². The second kappa shape index (κ2) is 9.80. The van der Waals surface area contributed by atoms with Crippen LogP contribution in [0.5, 0.6) is 17.2 Å². The first-order chi connectivity index (χ1) is 16.8. The van der Waals surface area contributed by atoms with Crippen molar-refractivity contribution in [1.29, 1.82) is 10.7 Å². The number of benzene rings is 2. The molecule has 1 aliphatic rings. The van der Waals surface area contributed by atoms with E-state index in [0.717, 1.165) is 5.56 Å². The molecule has 0 radical (unpaired) electrons. The van der Waals surface area contributed by atoms with Crippen LogP contribution in [0.25, 0.3) is 0 Å². The number of nitriles is 1. The fourth-order valence-electron chi connectivity index (χ4n) is 4.43. The Morgan fingerprint density at radius 2 is 1.91 bits per heavy atom. The van der Waals surface area contributed by atoms with Gasteiger partial charge in [0.25, 0.3) is 5.56 Å². The minimum atomic E-state index is -1.20. The lowest BCUT2D eigenvalue weighted by Gasteiger charge is -2.31. The molecule has 0 amide bonds. The predicted octanol–water partition coefficient (Wildman–Crippen LogP) is 4.85. The normalized spacial score (nSPS) is 16.7. The minimum absolute atomic E-state index is 0.00223.